The van der Waals surface area contributed by atoms with Crippen LogP contribution in [0.5, 0.6) is 0 Å². The number of likely N-dealkylation sites (tertiary alicyclic amines) is 2. The number of piperazine rings is 1. The molecule has 3 saturated heterocycles. The van der Waals surface area contributed by atoms with Gasteiger partial charge in [0.2, 0.25) is 11.8 Å². The molecule has 1 unspecified atom stereocenters. The first-order chi connectivity index (χ1) is 21.7. The number of nitrogens with two attached hydrogens (primary N) is 1. The highest BCUT2D eigenvalue weighted by molar-refractivity contribution is 5.86. The van der Waals surface area contributed by atoms with Crippen molar-refractivity contribution in [1.82, 2.24) is 24.9 Å². The minimum Gasteiger partial charge on any atom is -0.398 e. The summed E-state index contributed by atoms with van der Waals surface area (Å²) in [7, 11) is 0. The van der Waals surface area contributed by atoms with Crippen LogP contribution in [0.2, 0.25) is 0 Å². The van der Waals surface area contributed by atoms with Crippen molar-refractivity contribution in [2.24, 2.45) is 5.92 Å². The van der Waals surface area contributed by atoms with Gasteiger partial charge in [0, 0.05) is 89.1 Å². The van der Waals surface area contributed by atoms with Crippen LogP contribution in [0.15, 0.2) is 42.5 Å². The number of aryl methyl sites for hydroxylation is 2. The van der Waals surface area contributed by atoms with Gasteiger partial charge in [0.15, 0.2) is 0 Å². The number of carbonyl (C=O) groups excluding carboxylic acids is 2. The standard InChI is InChI=1S/C37H56N6O2/c1-27(2)40-19-21-41(22-20-40)34-13-17-43(18-14-34)37(45)32(24-30-10-9-28(3)29(4)23-30)25-36(44)42-15-11-33(12-16-42)39-26-31-7-5-6-8-35(31)38/h5-10,23,27,32-34,39H,11-22,24-26,38H2,1-4H3. The lowest BCUT2D eigenvalue weighted by atomic mass is 9.91. The number of benzene rings is 2. The molecular weight excluding hydrogens is 560 g/mol. The predicted molar refractivity (Wildman–Crippen MR) is 183 cm³/mol. The van der Waals surface area contributed by atoms with Gasteiger partial charge in [-0.25, -0.2) is 0 Å². The van der Waals surface area contributed by atoms with Crippen LogP contribution in [0.25, 0.3) is 0 Å². The largest absolute Gasteiger partial charge is 0.398 e. The monoisotopic (exact) mass is 616 g/mol. The molecule has 5 rings (SSSR count). The maximum absolute atomic E-state index is 14.1. The number of rotatable bonds is 10. The summed E-state index contributed by atoms with van der Waals surface area (Å²) in [6.45, 7) is 17.1. The van der Waals surface area contributed by atoms with E-state index in [-0.39, 0.29) is 24.2 Å². The van der Waals surface area contributed by atoms with Crippen molar-refractivity contribution in [1.29, 1.82) is 0 Å². The summed E-state index contributed by atoms with van der Waals surface area (Å²) < 4.78 is 0. The number of hydrogen-bond donors (Lipinski definition) is 2. The first kappa shape index (κ1) is 33.4. The highest BCUT2D eigenvalue weighted by atomic mass is 16.2. The van der Waals surface area contributed by atoms with Gasteiger partial charge in [-0.05, 0) is 88.1 Å². The summed E-state index contributed by atoms with van der Waals surface area (Å²) in [5, 5.41) is 3.63. The van der Waals surface area contributed by atoms with Crippen LogP contribution in [0, 0.1) is 19.8 Å². The highest BCUT2D eigenvalue weighted by Gasteiger charge is 2.34. The van der Waals surface area contributed by atoms with E-state index >= 15 is 0 Å². The third-order valence-electron chi connectivity index (χ3n) is 10.7. The van der Waals surface area contributed by atoms with E-state index in [1.807, 2.05) is 23.1 Å². The Bertz CT molecular complexity index is 1270. The zero-order valence-electron chi connectivity index (χ0n) is 28.1. The van der Waals surface area contributed by atoms with E-state index in [2.05, 4.69) is 72.0 Å². The van der Waals surface area contributed by atoms with E-state index in [4.69, 9.17) is 5.73 Å². The highest BCUT2D eigenvalue weighted by Crippen LogP contribution is 2.25. The second-order valence-corrected chi connectivity index (χ2v) is 14.0. The van der Waals surface area contributed by atoms with Crippen LogP contribution in [-0.4, -0.2) is 102 Å². The Morgan fingerprint density at radius 1 is 0.844 bits per heavy atom. The first-order valence-electron chi connectivity index (χ1n) is 17.4. The third kappa shape index (κ3) is 8.87. The fourth-order valence-corrected chi connectivity index (χ4v) is 7.41. The summed E-state index contributed by atoms with van der Waals surface area (Å²) in [6.07, 6.45) is 4.75. The van der Waals surface area contributed by atoms with Crippen molar-refractivity contribution >= 4 is 17.5 Å². The van der Waals surface area contributed by atoms with Crippen LogP contribution in [0.4, 0.5) is 5.69 Å². The van der Waals surface area contributed by atoms with Gasteiger partial charge >= 0.3 is 0 Å². The molecule has 0 radical (unpaired) electrons. The Kier molecular flexibility index (Phi) is 11.6. The van der Waals surface area contributed by atoms with Gasteiger partial charge < -0.3 is 20.9 Å². The quantitative estimate of drug-likeness (QED) is 0.389. The summed E-state index contributed by atoms with van der Waals surface area (Å²) in [4.78, 5) is 37.0. The van der Waals surface area contributed by atoms with Crippen molar-refractivity contribution < 1.29 is 9.59 Å². The Labute approximate surface area is 271 Å². The van der Waals surface area contributed by atoms with Crippen molar-refractivity contribution in [3.05, 3.63) is 64.7 Å². The number of anilines is 1. The van der Waals surface area contributed by atoms with Crippen LogP contribution in [0.1, 0.15) is 68.2 Å². The van der Waals surface area contributed by atoms with Gasteiger partial charge in [-0.3, -0.25) is 19.4 Å². The maximum Gasteiger partial charge on any atom is 0.226 e. The molecule has 2 aromatic rings. The summed E-state index contributed by atoms with van der Waals surface area (Å²) in [5.74, 6) is -0.0647. The molecule has 3 heterocycles. The summed E-state index contributed by atoms with van der Waals surface area (Å²) >= 11 is 0. The molecule has 3 aliphatic heterocycles. The number of piperidine rings is 2. The fourth-order valence-electron chi connectivity index (χ4n) is 7.41. The Hall–Kier alpha value is -2.94. The average molecular weight is 617 g/mol. The van der Waals surface area contributed by atoms with E-state index in [0.717, 1.165) is 101 Å². The zero-order chi connectivity index (χ0) is 31.9. The number of nitrogens with one attached hydrogen (secondary N) is 1. The van der Waals surface area contributed by atoms with Crippen molar-refractivity contribution in [3.8, 4) is 0 Å². The average Bonchev–Trinajstić information content (AvgIpc) is 3.05. The number of hydrogen-bond acceptors (Lipinski definition) is 6. The normalized spacial score (nSPS) is 20.1. The lowest BCUT2D eigenvalue weighted by Gasteiger charge is -2.44. The number of carbonyl (C=O) groups is 2. The Morgan fingerprint density at radius 3 is 2.16 bits per heavy atom. The summed E-state index contributed by atoms with van der Waals surface area (Å²) in [6, 6.07) is 15.9. The molecule has 2 aromatic carbocycles. The minimum atomic E-state index is -0.331. The minimum absolute atomic E-state index is 0.112. The Morgan fingerprint density at radius 2 is 1.51 bits per heavy atom. The zero-order valence-corrected chi connectivity index (χ0v) is 28.1. The topological polar surface area (TPSA) is 85.1 Å². The molecule has 3 N–H and O–H groups in total. The van der Waals surface area contributed by atoms with Crippen molar-refractivity contribution in [2.45, 2.75) is 90.9 Å². The summed E-state index contributed by atoms with van der Waals surface area (Å²) in [5.41, 5.74) is 11.7. The van der Waals surface area contributed by atoms with Gasteiger partial charge in [-0.2, -0.15) is 0 Å². The van der Waals surface area contributed by atoms with Gasteiger partial charge in [0.05, 0.1) is 5.92 Å². The van der Waals surface area contributed by atoms with E-state index in [0.29, 0.717) is 24.5 Å². The van der Waals surface area contributed by atoms with Gasteiger partial charge in [0.25, 0.3) is 0 Å². The molecule has 0 aliphatic carbocycles. The van der Waals surface area contributed by atoms with E-state index < -0.39 is 0 Å². The second kappa shape index (κ2) is 15.6. The van der Waals surface area contributed by atoms with Crippen LogP contribution in [0.3, 0.4) is 0 Å². The number of amides is 2. The lowest BCUT2D eigenvalue weighted by Crippen LogP contribution is -2.55. The molecule has 0 saturated carbocycles. The van der Waals surface area contributed by atoms with Crippen LogP contribution in [-0.2, 0) is 22.6 Å². The molecular formula is C37H56N6O2. The number of nitrogens with zero attached hydrogens (tertiary/aromatic N) is 4. The second-order valence-electron chi connectivity index (χ2n) is 14.0. The molecule has 3 aliphatic rings. The van der Waals surface area contributed by atoms with Crippen molar-refractivity contribution in [3.63, 3.8) is 0 Å². The molecule has 8 heteroatoms. The molecule has 3 fully saturated rings. The van der Waals surface area contributed by atoms with Crippen LogP contribution >= 0.6 is 0 Å². The molecule has 0 aromatic heterocycles. The first-order valence-corrected chi connectivity index (χ1v) is 17.4. The van der Waals surface area contributed by atoms with Gasteiger partial charge in [-0.15, -0.1) is 0 Å². The number of nitrogen functional groups attached to an aromatic ring is 1. The molecule has 2 amide bonds. The SMILES string of the molecule is Cc1ccc(CC(CC(=O)N2CCC(NCc3ccccc3N)CC2)C(=O)N2CCC(N3CCN(C(C)C)CC3)CC2)cc1C. The van der Waals surface area contributed by atoms with E-state index in [9.17, 15) is 9.59 Å². The molecule has 246 valence electrons. The maximum atomic E-state index is 14.1. The van der Waals surface area contributed by atoms with Crippen molar-refractivity contribution in [2.75, 3.05) is 58.1 Å². The van der Waals surface area contributed by atoms with E-state index in [1.165, 1.54) is 11.1 Å². The number of para-hydroxylation sites is 1. The lowest BCUT2D eigenvalue weighted by molar-refractivity contribution is -0.143. The van der Waals surface area contributed by atoms with Crippen LogP contribution < -0.4 is 11.1 Å². The predicted octanol–water partition coefficient (Wildman–Crippen LogP) is 4.23. The van der Waals surface area contributed by atoms with E-state index in [1.54, 1.807) is 0 Å². The Balaban J connectivity index is 1.16. The molecule has 8 nitrogen and oxygen atoms in total. The molecule has 0 spiro atoms. The smallest absolute Gasteiger partial charge is 0.226 e. The van der Waals surface area contributed by atoms with Gasteiger partial charge in [-0.1, -0.05) is 36.4 Å². The fraction of sp³-hybridized carbons (Fsp3) is 0.622. The molecule has 1 atom stereocenters. The van der Waals surface area contributed by atoms with Gasteiger partial charge in [0.1, 0.15) is 0 Å². The molecule has 0 bridgehead atoms. The third-order valence-corrected chi connectivity index (χ3v) is 10.7. The molecule has 45 heavy (non-hydrogen) atoms.